The van der Waals surface area contributed by atoms with Crippen LogP contribution in [0.3, 0.4) is 0 Å². The molecule has 146 valence electrons. The Kier molecular flexibility index (Phi) is 5.74. The molecule has 0 bridgehead atoms. The summed E-state index contributed by atoms with van der Waals surface area (Å²) in [5, 5.41) is 6.36. The number of nitrogens with zero attached hydrogens (tertiary/aromatic N) is 1. The van der Waals surface area contributed by atoms with Gasteiger partial charge in [-0.2, -0.15) is 0 Å². The fourth-order valence-corrected chi connectivity index (χ4v) is 4.09. The van der Waals surface area contributed by atoms with Crippen LogP contribution < -0.4 is 15.5 Å². The van der Waals surface area contributed by atoms with Crippen molar-refractivity contribution < 1.29 is 9.59 Å². The van der Waals surface area contributed by atoms with Gasteiger partial charge in [-0.05, 0) is 54.6 Å². The number of nitrogens with one attached hydrogen (secondary N) is 2. The van der Waals surface area contributed by atoms with Gasteiger partial charge in [0.05, 0.1) is 5.02 Å². The maximum Gasteiger partial charge on any atom is 0.321 e. The van der Waals surface area contributed by atoms with Crippen LogP contribution in [0.2, 0.25) is 5.02 Å². The molecule has 1 heterocycles. The lowest BCUT2D eigenvalue weighted by Crippen LogP contribution is -2.27. The van der Waals surface area contributed by atoms with Gasteiger partial charge in [-0.25, -0.2) is 4.79 Å². The van der Waals surface area contributed by atoms with E-state index in [1.807, 2.05) is 54.6 Å². The van der Waals surface area contributed by atoms with Gasteiger partial charge in [-0.15, -0.1) is 0 Å². The molecule has 0 unspecified atom stereocenters. The standard InChI is InChI=1S/C22H18ClN3O2S/c23-19-6-1-2-7-20(19)29-18-10-8-16(9-11-18)25-21(27)15-4-3-5-17(14-15)26-13-12-24-22(26)28/h1-11,14H,12-13H2,(H,24,28)(H,25,27). The summed E-state index contributed by atoms with van der Waals surface area (Å²) in [4.78, 5) is 28.1. The lowest BCUT2D eigenvalue weighted by molar-refractivity contribution is 0.102. The Morgan fingerprint density at radius 1 is 1.03 bits per heavy atom. The van der Waals surface area contributed by atoms with Crippen LogP contribution in [0.15, 0.2) is 82.6 Å². The fourth-order valence-electron chi connectivity index (χ4n) is 3.00. The zero-order chi connectivity index (χ0) is 20.2. The maximum atomic E-state index is 12.6. The van der Waals surface area contributed by atoms with Crippen LogP contribution in [0.5, 0.6) is 0 Å². The van der Waals surface area contributed by atoms with E-state index in [9.17, 15) is 9.59 Å². The number of anilines is 2. The molecule has 5 nitrogen and oxygen atoms in total. The lowest BCUT2D eigenvalue weighted by Gasteiger charge is -2.15. The second-order valence-corrected chi connectivity index (χ2v) is 7.97. The quantitative estimate of drug-likeness (QED) is 0.587. The second kappa shape index (κ2) is 8.59. The first kappa shape index (κ1) is 19.4. The number of benzene rings is 3. The van der Waals surface area contributed by atoms with Crippen LogP contribution in [-0.2, 0) is 0 Å². The number of carbonyl (C=O) groups is 2. The molecule has 0 saturated carbocycles. The van der Waals surface area contributed by atoms with Crippen molar-refractivity contribution in [3.05, 3.63) is 83.4 Å². The minimum atomic E-state index is -0.224. The molecule has 3 aromatic carbocycles. The highest BCUT2D eigenvalue weighted by Gasteiger charge is 2.21. The summed E-state index contributed by atoms with van der Waals surface area (Å²) in [6.07, 6.45) is 0. The van der Waals surface area contributed by atoms with E-state index in [1.165, 1.54) is 0 Å². The molecule has 29 heavy (non-hydrogen) atoms. The van der Waals surface area contributed by atoms with E-state index < -0.39 is 0 Å². The van der Waals surface area contributed by atoms with Crippen molar-refractivity contribution in [3.63, 3.8) is 0 Å². The van der Waals surface area contributed by atoms with E-state index in [2.05, 4.69) is 10.6 Å². The SMILES string of the molecule is O=C(Nc1ccc(Sc2ccccc2Cl)cc1)c1cccc(N2CCNC2=O)c1. The molecular formula is C22H18ClN3O2S. The molecule has 0 aliphatic carbocycles. The monoisotopic (exact) mass is 423 g/mol. The first-order valence-corrected chi connectivity index (χ1v) is 10.3. The molecule has 3 amide bonds. The number of rotatable bonds is 5. The molecule has 1 aliphatic heterocycles. The Morgan fingerprint density at radius 3 is 2.55 bits per heavy atom. The van der Waals surface area contributed by atoms with Crippen molar-refractivity contribution in [1.29, 1.82) is 0 Å². The number of hydrogen-bond acceptors (Lipinski definition) is 3. The topological polar surface area (TPSA) is 61.4 Å². The molecule has 1 aliphatic rings. The first-order valence-electron chi connectivity index (χ1n) is 9.09. The minimum Gasteiger partial charge on any atom is -0.336 e. The van der Waals surface area contributed by atoms with Crippen LogP contribution in [-0.4, -0.2) is 25.0 Å². The van der Waals surface area contributed by atoms with Crippen molar-refractivity contribution in [2.24, 2.45) is 0 Å². The Morgan fingerprint density at radius 2 is 1.83 bits per heavy atom. The van der Waals surface area contributed by atoms with Crippen LogP contribution in [0.25, 0.3) is 0 Å². The second-order valence-electron chi connectivity index (χ2n) is 6.44. The molecule has 2 N–H and O–H groups in total. The van der Waals surface area contributed by atoms with E-state index in [-0.39, 0.29) is 11.9 Å². The number of urea groups is 1. The van der Waals surface area contributed by atoms with Crippen LogP contribution in [0.4, 0.5) is 16.2 Å². The van der Waals surface area contributed by atoms with Gasteiger partial charge in [0.15, 0.2) is 0 Å². The third-order valence-corrected chi connectivity index (χ3v) is 5.98. The highest BCUT2D eigenvalue weighted by molar-refractivity contribution is 7.99. The molecule has 0 aromatic heterocycles. The van der Waals surface area contributed by atoms with Crippen LogP contribution in [0, 0.1) is 0 Å². The van der Waals surface area contributed by atoms with Gasteiger partial charge in [0.1, 0.15) is 0 Å². The average Bonchev–Trinajstić information content (AvgIpc) is 3.17. The summed E-state index contributed by atoms with van der Waals surface area (Å²) in [5.41, 5.74) is 1.90. The Labute approximate surface area is 178 Å². The third kappa shape index (κ3) is 4.55. The van der Waals surface area contributed by atoms with Gasteiger partial charge in [0.25, 0.3) is 5.91 Å². The van der Waals surface area contributed by atoms with Crippen molar-refractivity contribution in [2.45, 2.75) is 9.79 Å². The Balaban J connectivity index is 1.43. The molecule has 4 rings (SSSR count). The Hall–Kier alpha value is -2.96. The first-order chi connectivity index (χ1) is 14.1. The number of hydrogen-bond donors (Lipinski definition) is 2. The summed E-state index contributed by atoms with van der Waals surface area (Å²) in [6.45, 7) is 1.20. The normalized spacial score (nSPS) is 13.3. The average molecular weight is 424 g/mol. The van der Waals surface area contributed by atoms with Crippen molar-refractivity contribution in [3.8, 4) is 0 Å². The summed E-state index contributed by atoms with van der Waals surface area (Å²) in [5.74, 6) is -0.224. The molecule has 0 radical (unpaired) electrons. The van der Waals surface area contributed by atoms with Gasteiger partial charge in [-0.3, -0.25) is 9.69 Å². The molecule has 7 heteroatoms. The summed E-state index contributed by atoms with van der Waals surface area (Å²) < 4.78 is 0. The molecule has 0 atom stereocenters. The smallest absolute Gasteiger partial charge is 0.321 e. The summed E-state index contributed by atoms with van der Waals surface area (Å²) in [7, 11) is 0. The zero-order valence-corrected chi connectivity index (χ0v) is 17.0. The van der Waals surface area contributed by atoms with E-state index in [1.54, 1.807) is 34.9 Å². The van der Waals surface area contributed by atoms with Crippen molar-refractivity contribution in [2.75, 3.05) is 23.3 Å². The van der Waals surface area contributed by atoms with Crippen LogP contribution >= 0.6 is 23.4 Å². The van der Waals surface area contributed by atoms with Crippen molar-refractivity contribution in [1.82, 2.24) is 5.32 Å². The zero-order valence-electron chi connectivity index (χ0n) is 15.4. The lowest BCUT2D eigenvalue weighted by atomic mass is 10.1. The number of amides is 3. The van der Waals surface area contributed by atoms with Gasteiger partial charge >= 0.3 is 6.03 Å². The van der Waals surface area contributed by atoms with Crippen LogP contribution in [0.1, 0.15) is 10.4 Å². The third-order valence-electron chi connectivity index (χ3n) is 4.45. The Bertz CT molecular complexity index is 1060. The van der Waals surface area contributed by atoms with E-state index in [4.69, 9.17) is 11.6 Å². The maximum absolute atomic E-state index is 12.6. The van der Waals surface area contributed by atoms with E-state index >= 15 is 0 Å². The predicted molar refractivity (Wildman–Crippen MR) is 117 cm³/mol. The minimum absolute atomic E-state index is 0.144. The van der Waals surface area contributed by atoms with E-state index in [0.717, 1.165) is 9.79 Å². The highest BCUT2D eigenvalue weighted by Crippen LogP contribution is 2.33. The van der Waals surface area contributed by atoms with Crippen molar-refractivity contribution >= 4 is 46.7 Å². The van der Waals surface area contributed by atoms with Gasteiger partial charge in [0.2, 0.25) is 0 Å². The van der Waals surface area contributed by atoms with Gasteiger partial charge in [0, 0.05) is 39.8 Å². The van der Waals surface area contributed by atoms with Gasteiger partial charge < -0.3 is 10.6 Å². The molecule has 1 saturated heterocycles. The largest absolute Gasteiger partial charge is 0.336 e. The number of halogens is 1. The molecule has 0 spiro atoms. The van der Waals surface area contributed by atoms with E-state index in [0.29, 0.717) is 35.1 Å². The number of carbonyl (C=O) groups excluding carboxylic acids is 2. The molecule has 1 fully saturated rings. The molecule has 3 aromatic rings. The highest BCUT2D eigenvalue weighted by atomic mass is 35.5. The summed E-state index contributed by atoms with van der Waals surface area (Å²) in [6, 6.07) is 22.2. The fraction of sp³-hybridized carbons (Fsp3) is 0.0909. The summed E-state index contributed by atoms with van der Waals surface area (Å²) >= 11 is 7.77. The predicted octanol–water partition coefficient (Wildman–Crippen LogP) is 5.27. The van der Waals surface area contributed by atoms with Gasteiger partial charge in [-0.1, -0.05) is 41.6 Å². The molecular weight excluding hydrogens is 406 g/mol.